The van der Waals surface area contributed by atoms with Crippen molar-refractivity contribution in [2.45, 2.75) is 12.5 Å². The lowest BCUT2D eigenvalue weighted by atomic mass is 9.87. The van der Waals surface area contributed by atoms with E-state index in [4.69, 9.17) is 26.9 Å². The molecule has 0 radical (unpaired) electrons. The van der Waals surface area contributed by atoms with Gasteiger partial charge in [0.25, 0.3) is 0 Å². The van der Waals surface area contributed by atoms with Crippen LogP contribution >= 0.6 is 11.6 Å². The van der Waals surface area contributed by atoms with Gasteiger partial charge in [0.1, 0.15) is 11.3 Å². The Balaban J connectivity index is 2.53. The van der Waals surface area contributed by atoms with Gasteiger partial charge in [-0.15, -0.1) is 0 Å². The first kappa shape index (κ1) is 11.7. The van der Waals surface area contributed by atoms with Crippen molar-refractivity contribution in [2.75, 3.05) is 20.3 Å². The largest absolute Gasteiger partial charge is 0.496 e. The van der Waals surface area contributed by atoms with E-state index in [2.05, 4.69) is 5.43 Å². The number of rotatable bonds is 3. The summed E-state index contributed by atoms with van der Waals surface area (Å²) in [6.07, 6.45) is 0. The first-order chi connectivity index (χ1) is 7.63. The van der Waals surface area contributed by atoms with Crippen LogP contribution < -0.4 is 16.0 Å². The number of halogens is 1. The zero-order valence-electron chi connectivity index (χ0n) is 9.34. The molecule has 88 valence electrons. The molecule has 1 aliphatic rings. The van der Waals surface area contributed by atoms with Crippen LogP contribution in [0.2, 0.25) is 5.02 Å². The van der Waals surface area contributed by atoms with E-state index in [1.807, 2.05) is 19.1 Å². The van der Waals surface area contributed by atoms with Gasteiger partial charge < -0.3 is 9.47 Å². The molecule has 0 aliphatic carbocycles. The van der Waals surface area contributed by atoms with Crippen molar-refractivity contribution in [1.29, 1.82) is 0 Å². The highest BCUT2D eigenvalue weighted by molar-refractivity contribution is 6.30. The van der Waals surface area contributed by atoms with Gasteiger partial charge in [-0.3, -0.25) is 5.84 Å². The summed E-state index contributed by atoms with van der Waals surface area (Å²) in [5, 5.41) is 0.676. The van der Waals surface area contributed by atoms with E-state index in [0.717, 1.165) is 16.9 Å². The molecule has 5 heteroatoms. The third-order valence-corrected chi connectivity index (χ3v) is 3.15. The summed E-state index contributed by atoms with van der Waals surface area (Å²) in [5.74, 6) is 6.41. The summed E-state index contributed by atoms with van der Waals surface area (Å²) in [6, 6.07) is 3.74. The van der Waals surface area contributed by atoms with Gasteiger partial charge in [0.2, 0.25) is 0 Å². The minimum absolute atomic E-state index is 0.374. The van der Waals surface area contributed by atoms with Crippen LogP contribution in [-0.4, -0.2) is 20.3 Å². The molecule has 0 amide bonds. The average molecular weight is 243 g/mol. The van der Waals surface area contributed by atoms with Crippen molar-refractivity contribution in [3.05, 3.63) is 28.3 Å². The highest BCUT2D eigenvalue weighted by atomic mass is 35.5. The predicted molar refractivity (Wildman–Crippen MR) is 62.6 cm³/mol. The van der Waals surface area contributed by atoms with Gasteiger partial charge >= 0.3 is 0 Å². The minimum atomic E-state index is -0.374. The van der Waals surface area contributed by atoms with Gasteiger partial charge in [-0.1, -0.05) is 11.6 Å². The molecule has 0 atom stereocenters. The number of nitrogens with two attached hydrogens (primary N) is 1. The molecule has 0 saturated carbocycles. The summed E-state index contributed by atoms with van der Waals surface area (Å²) < 4.78 is 10.6. The fraction of sp³-hybridized carbons (Fsp3) is 0.455. The lowest BCUT2D eigenvalue weighted by Gasteiger charge is -2.42. The fourth-order valence-electron chi connectivity index (χ4n) is 1.98. The number of hydrazine groups is 1. The number of hydrogen-bond acceptors (Lipinski definition) is 4. The van der Waals surface area contributed by atoms with Crippen molar-refractivity contribution >= 4 is 11.6 Å². The van der Waals surface area contributed by atoms with Gasteiger partial charge in [0.05, 0.1) is 20.3 Å². The maximum atomic E-state index is 6.06. The van der Waals surface area contributed by atoms with Crippen LogP contribution in [0.1, 0.15) is 11.1 Å². The molecule has 2 rings (SSSR count). The fourth-order valence-corrected chi connectivity index (χ4v) is 2.25. The Kier molecular flexibility index (Phi) is 3.08. The van der Waals surface area contributed by atoms with Gasteiger partial charge in [0.15, 0.2) is 0 Å². The third kappa shape index (κ3) is 1.68. The standard InChI is InChI=1S/C11H15ClN2O2/c1-7-3-8(12)4-9(10(7)15-2)11(14-13)5-16-6-11/h3-4,14H,5-6,13H2,1-2H3. The van der Waals surface area contributed by atoms with E-state index in [0.29, 0.717) is 18.2 Å². The molecular formula is C11H15ClN2O2. The molecule has 4 nitrogen and oxygen atoms in total. The van der Waals surface area contributed by atoms with Crippen LogP contribution in [-0.2, 0) is 10.3 Å². The summed E-state index contributed by atoms with van der Waals surface area (Å²) in [4.78, 5) is 0. The Morgan fingerprint density at radius 1 is 1.50 bits per heavy atom. The van der Waals surface area contributed by atoms with Gasteiger partial charge in [-0.2, -0.15) is 0 Å². The maximum Gasteiger partial charge on any atom is 0.127 e. The molecule has 1 saturated heterocycles. The average Bonchev–Trinajstić information content (AvgIpc) is 2.16. The lowest BCUT2D eigenvalue weighted by Crippen LogP contribution is -2.60. The highest BCUT2D eigenvalue weighted by Crippen LogP contribution is 2.38. The smallest absolute Gasteiger partial charge is 0.127 e. The number of benzene rings is 1. The summed E-state index contributed by atoms with van der Waals surface area (Å²) in [6.45, 7) is 3.01. The number of ether oxygens (including phenoxy) is 2. The molecular weight excluding hydrogens is 228 g/mol. The molecule has 0 unspecified atom stereocenters. The summed E-state index contributed by atoms with van der Waals surface area (Å²) in [5.41, 5.74) is 4.37. The monoisotopic (exact) mass is 242 g/mol. The first-order valence-electron chi connectivity index (χ1n) is 5.03. The molecule has 1 heterocycles. The second-order valence-corrected chi connectivity index (χ2v) is 4.46. The van der Waals surface area contributed by atoms with E-state index in [1.165, 1.54) is 0 Å². The normalized spacial score (nSPS) is 18.0. The SMILES string of the molecule is COc1c(C)cc(Cl)cc1C1(NN)COC1. The van der Waals surface area contributed by atoms with Crippen molar-refractivity contribution < 1.29 is 9.47 Å². The summed E-state index contributed by atoms with van der Waals surface area (Å²) in [7, 11) is 1.64. The van der Waals surface area contributed by atoms with Crippen molar-refractivity contribution in [3.8, 4) is 5.75 Å². The van der Waals surface area contributed by atoms with Crippen LogP contribution in [0.25, 0.3) is 0 Å². The van der Waals surface area contributed by atoms with Crippen molar-refractivity contribution in [2.24, 2.45) is 5.84 Å². The zero-order chi connectivity index (χ0) is 11.8. The van der Waals surface area contributed by atoms with Crippen LogP contribution in [0.15, 0.2) is 12.1 Å². The minimum Gasteiger partial charge on any atom is -0.496 e. The molecule has 16 heavy (non-hydrogen) atoms. The second kappa shape index (κ2) is 4.22. The van der Waals surface area contributed by atoms with E-state index in [9.17, 15) is 0 Å². The second-order valence-electron chi connectivity index (χ2n) is 4.02. The van der Waals surface area contributed by atoms with Gasteiger partial charge in [0, 0.05) is 10.6 Å². The van der Waals surface area contributed by atoms with Gasteiger partial charge in [-0.05, 0) is 24.6 Å². The summed E-state index contributed by atoms with van der Waals surface area (Å²) >= 11 is 6.06. The molecule has 1 fully saturated rings. The third-order valence-electron chi connectivity index (χ3n) is 2.93. The van der Waals surface area contributed by atoms with Crippen molar-refractivity contribution in [3.63, 3.8) is 0 Å². The lowest BCUT2D eigenvalue weighted by molar-refractivity contribution is -0.0795. The molecule has 3 N–H and O–H groups in total. The van der Waals surface area contributed by atoms with Crippen molar-refractivity contribution in [1.82, 2.24) is 5.43 Å². The molecule has 0 aromatic heterocycles. The Morgan fingerprint density at radius 3 is 2.62 bits per heavy atom. The van der Waals surface area contributed by atoms with Crippen LogP contribution in [0.4, 0.5) is 0 Å². The Bertz CT molecular complexity index is 400. The molecule has 0 bridgehead atoms. The molecule has 1 aromatic rings. The molecule has 1 aromatic carbocycles. The molecule has 1 aliphatic heterocycles. The Hall–Kier alpha value is -0.810. The predicted octanol–water partition coefficient (Wildman–Crippen LogP) is 1.35. The Morgan fingerprint density at radius 2 is 2.19 bits per heavy atom. The van der Waals surface area contributed by atoms with E-state index >= 15 is 0 Å². The maximum absolute atomic E-state index is 6.06. The van der Waals surface area contributed by atoms with Gasteiger partial charge in [-0.25, -0.2) is 5.43 Å². The molecule has 0 spiro atoms. The number of nitrogens with one attached hydrogen (secondary N) is 1. The van der Waals surface area contributed by atoms with Crippen LogP contribution in [0.3, 0.4) is 0 Å². The highest BCUT2D eigenvalue weighted by Gasteiger charge is 2.42. The Labute approximate surface area is 99.6 Å². The van der Waals surface area contributed by atoms with Crippen LogP contribution in [0, 0.1) is 6.92 Å². The number of hydrogen-bond donors (Lipinski definition) is 2. The zero-order valence-corrected chi connectivity index (χ0v) is 10.1. The topological polar surface area (TPSA) is 56.5 Å². The van der Waals surface area contributed by atoms with Crippen LogP contribution in [0.5, 0.6) is 5.75 Å². The quantitative estimate of drug-likeness (QED) is 0.621. The number of methoxy groups -OCH3 is 1. The van der Waals surface area contributed by atoms with E-state index in [1.54, 1.807) is 7.11 Å². The van der Waals surface area contributed by atoms with E-state index < -0.39 is 0 Å². The number of aryl methyl sites for hydroxylation is 1. The van der Waals surface area contributed by atoms with E-state index in [-0.39, 0.29) is 5.54 Å². The first-order valence-corrected chi connectivity index (χ1v) is 5.41.